The predicted molar refractivity (Wildman–Crippen MR) is 78.7 cm³/mol. The summed E-state index contributed by atoms with van der Waals surface area (Å²) in [6, 6.07) is 6.17. The molecule has 0 saturated carbocycles. The second kappa shape index (κ2) is 5.66. The Bertz CT molecular complexity index is 513. The smallest absolute Gasteiger partial charge is 0.328 e. The second-order valence-electron chi connectivity index (χ2n) is 5.22. The molecule has 19 heavy (non-hydrogen) atoms. The van der Waals surface area contributed by atoms with E-state index in [0.717, 1.165) is 23.9 Å². The fraction of sp³-hybridized carbons (Fsp3) is 0.400. The van der Waals surface area contributed by atoms with Crippen molar-refractivity contribution in [2.24, 2.45) is 5.92 Å². The zero-order chi connectivity index (χ0) is 14.0. The van der Waals surface area contributed by atoms with Gasteiger partial charge in [-0.05, 0) is 43.0 Å². The Kier molecular flexibility index (Phi) is 4.15. The summed E-state index contributed by atoms with van der Waals surface area (Å²) in [5, 5.41) is 9.28. The van der Waals surface area contributed by atoms with Gasteiger partial charge >= 0.3 is 5.97 Å². The quantitative estimate of drug-likeness (QED) is 0.858. The van der Waals surface area contributed by atoms with E-state index in [9.17, 15) is 4.79 Å². The van der Waals surface area contributed by atoms with Crippen molar-refractivity contribution in [1.29, 1.82) is 0 Å². The molecule has 3 nitrogen and oxygen atoms in total. The summed E-state index contributed by atoms with van der Waals surface area (Å²) in [6.07, 6.45) is 3.84. The molecule has 102 valence electrons. The average molecular weight is 280 g/mol. The molecular formula is C15H18ClNO2. The van der Waals surface area contributed by atoms with Crippen LogP contribution in [0.4, 0.5) is 5.69 Å². The number of anilines is 1. The highest BCUT2D eigenvalue weighted by atomic mass is 35.5. The zero-order valence-electron chi connectivity index (χ0n) is 11.1. The Balaban J connectivity index is 2.22. The van der Waals surface area contributed by atoms with Gasteiger partial charge in [0.2, 0.25) is 0 Å². The van der Waals surface area contributed by atoms with Crippen molar-refractivity contribution in [1.82, 2.24) is 0 Å². The summed E-state index contributed by atoms with van der Waals surface area (Å²) in [4.78, 5) is 12.8. The lowest BCUT2D eigenvalue weighted by Gasteiger charge is -2.25. The standard InChI is InChI=1S/C15H18ClNO2/c1-10-7-11(2)17(9-10)14-5-3-12(8-13(14)16)4-6-15(18)19/h3-6,8,10-11H,7,9H2,1-2H3,(H,18,19)/b6-4+. The summed E-state index contributed by atoms with van der Waals surface area (Å²) in [7, 11) is 0. The first-order valence-corrected chi connectivity index (χ1v) is 6.82. The van der Waals surface area contributed by atoms with E-state index < -0.39 is 5.97 Å². The number of halogens is 1. The Labute approximate surface area is 118 Å². The molecule has 1 aromatic carbocycles. The minimum absolute atomic E-state index is 0.493. The van der Waals surface area contributed by atoms with E-state index in [-0.39, 0.29) is 0 Å². The van der Waals surface area contributed by atoms with Crippen molar-refractivity contribution in [2.75, 3.05) is 11.4 Å². The van der Waals surface area contributed by atoms with Gasteiger partial charge in [-0.3, -0.25) is 0 Å². The van der Waals surface area contributed by atoms with Crippen LogP contribution in [0.2, 0.25) is 5.02 Å². The highest BCUT2D eigenvalue weighted by molar-refractivity contribution is 6.33. The molecule has 1 aromatic rings. The number of rotatable bonds is 3. The van der Waals surface area contributed by atoms with E-state index in [0.29, 0.717) is 17.0 Å². The van der Waals surface area contributed by atoms with Gasteiger partial charge in [0.15, 0.2) is 0 Å². The molecule has 1 fully saturated rings. The van der Waals surface area contributed by atoms with Crippen LogP contribution in [0.3, 0.4) is 0 Å². The Hall–Kier alpha value is -1.48. The maximum Gasteiger partial charge on any atom is 0.328 e. The molecule has 0 radical (unpaired) electrons. The first-order chi connectivity index (χ1) is 8.97. The molecule has 0 spiro atoms. The third kappa shape index (κ3) is 3.29. The molecule has 2 rings (SSSR count). The van der Waals surface area contributed by atoms with Crippen LogP contribution in [0.25, 0.3) is 6.08 Å². The van der Waals surface area contributed by atoms with E-state index in [4.69, 9.17) is 16.7 Å². The van der Waals surface area contributed by atoms with Crippen molar-refractivity contribution in [3.8, 4) is 0 Å². The van der Waals surface area contributed by atoms with Crippen LogP contribution in [0, 0.1) is 5.92 Å². The summed E-state index contributed by atoms with van der Waals surface area (Å²) >= 11 is 6.31. The monoisotopic (exact) mass is 279 g/mol. The maximum atomic E-state index is 10.5. The summed E-state index contributed by atoms with van der Waals surface area (Å²) in [6.45, 7) is 5.47. The number of benzene rings is 1. The van der Waals surface area contributed by atoms with Gasteiger partial charge in [0.05, 0.1) is 10.7 Å². The largest absolute Gasteiger partial charge is 0.478 e. The van der Waals surface area contributed by atoms with Crippen molar-refractivity contribution in [3.63, 3.8) is 0 Å². The molecule has 1 heterocycles. The number of carboxylic acid groups (broad SMARTS) is 1. The van der Waals surface area contributed by atoms with Crippen LogP contribution in [0.1, 0.15) is 25.8 Å². The Morgan fingerprint density at radius 3 is 2.74 bits per heavy atom. The third-order valence-electron chi connectivity index (χ3n) is 3.48. The molecule has 1 saturated heterocycles. The molecule has 1 N–H and O–H groups in total. The number of carbonyl (C=O) groups is 1. The minimum atomic E-state index is -0.956. The molecule has 2 unspecified atom stereocenters. The van der Waals surface area contributed by atoms with Crippen molar-refractivity contribution < 1.29 is 9.90 Å². The molecule has 1 aliphatic rings. The zero-order valence-corrected chi connectivity index (χ0v) is 11.9. The normalized spacial score (nSPS) is 23.2. The molecule has 0 amide bonds. The van der Waals surface area contributed by atoms with Gasteiger partial charge in [0.25, 0.3) is 0 Å². The number of hydrogen-bond acceptors (Lipinski definition) is 2. The van der Waals surface area contributed by atoms with Gasteiger partial charge in [-0.15, -0.1) is 0 Å². The Morgan fingerprint density at radius 2 is 2.21 bits per heavy atom. The Morgan fingerprint density at radius 1 is 1.47 bits per heavy atom. The second-order valence-corrected chi connectivity index (χ2v) is 5.63. The SMILES string of the molecule is CC1CC(C)N(c2ccc(/C=C/C(=O)O)cc2Cl)C1. The lowest BCUT2D eigenvalue weighted by Crippen LogP contribution is -2.26. The summed E-state index contributed by atoms with van der Waals surface area (Å²) < 4.78 is 0. The average Bonchev–Trinajstić information content (AvgIpc) is 2.66. The van der Waals surface area contributed by atoms with Crippen LogP contribution in [0.15, 0.2) is 24.3 Å². The number of nitrogens with zero attached hydrogens (tertiary/aromatic N) is 1. The molecular weight excluding hydrogens is 262 g/mol. The molecule has 2 atom stereocenters. The van der Waals surface area contributed by atoms with Gasteiger partial charge in [0.1, 0.15) is 0 Å². The molecule has 0 bridgehead atoms. The van der Waals surface area contributed by atoms with E-state index in [1.807, 2.05) is 18.2 Å². The molecule has 0 aliphatic carbocycles. The number of hydrogen-bond donors (Lipinski definition) is 1. The van der Waals surface area contributed by atoms with Crippen molar-refractivity contribution in [3.05, 3.63) is 34.9 Å². The lowest BCUT2D eigenvalue weighted by molar-refractivity contribution is -0.131. The van der Waals surface area contributed by atoms with Gasteiger partial charge in [0, 0.05) is 18.7 Å². The van der Waals surface area contributed by atoms with Crippen LogP contribution in [-0.4, -0.2) is 23.7 Å². The maximum absolute atomic E-state index is 10.5. The summed E-state index contributed by atoms with van der Waals surface area (Å²) in [5.41, 5.74) is 1.84. The van der Waals surface area contributed by atoms with Crippen LogP contribution in [-0.2, 0) is 4.79 Å². The highest BCUT2D eigenvalue weighted by Crippen LogP contribution is 2.34. The minimum Gasteiger partial charge on any atom is -0.478 e. The molecule has 4 heteroatoms. The van der Waals surface area contributed by atoms with Crippen LogP contribution >= 0.6 is 11.6 Å². The fourth-order valence-corrected chi connectivity index (χ4v) is 2.96. The topological polar surface area (TPSA) is 40.5 Å². The third-order valence-corrected chi connectivity index (χ3v) is 3.79. The van der Waals surface area contributed by atoms with Gasteiger partial charge in [-0.1, -0.05) is 24.6 Å². The van der Waals surface area contributed by atoms with Crippen LogP contribution in [0.5, 0.6) is 0 Å². The first kappa shape index (κ1) is 13.9. The first-order valence-electron chi connectivity index (χ1n) is 6.44. The summed E-state index contributed by atoms with van der Waals surface area (Å²) in [5.74, 6) is -0.278. The van der Waals surface area contributed by atoms with Crippen molar-refractivity contribution in [2.45, 2.75) is 26.3 Å². The predicted octanol–water partition coefficient (Wildman–Crippen LogP) is 3.67. The van der Waals surface area contributed by atoms with E-state index in [2.05, 4.69) is 18.7 Å². The van der Waals surface area contributed by atoms with Gasteiger partial charge < -0.3 is 10.0 Å². The number of carboxylic acids is 1. The van der Waals surface area contributed by atoms with Gasteiger partial charge in [-0.25, -0.2) is 4.79 Å². The van der Waals surface area contributed by atoms with Crippen molar-refractivity contribution >= 4 is 29.3 Å². The van der Waals surface area contributed by atoms with Gasteiger partial charge in [-0.2, -0.15) is 0 Å². The molecule has 0 aromatic heterocycles. The van der Waals surface area contributed by atoms with E-state index in [1.165, 1.54) is 6.42 Å². The fourth-order valence-electron chi connectivity index (χ4n) is 2.66. The molecule has 1 aliphatic heterocycles. The highest BCUT2D eigenvalue weighted by Gasteiger charge is 2.27. The lowest BCUT2D eigenvalue weighted by atomic mass is 10.1. The van der Waals surface area contributed by atoms with Crippen LogP contribution < -0.4 is 4.90 Å². The van der Waals surface area contributed by atoms with E-state index in [1.54, 1.807) is 6.08 Å². The number of aliphatic carboxylic acids is 1. The van der Waals surface area contributed by atoms with E-state index >= 15 is 0 Å².